The van der Waals surface area contributed by atoms with E-state index in [-0.39, 0.29) is 23.9 Å². The van der Waals surface area contributed by atoms with Crippen molar-refractivity contribution in [2.45, 2.75) is 0 Å². The number of anilines is 2. The van der Waals surface area contributed by atoms with E-state index in [1.54, 1.807) is 24.3 Å². The van der Waals surface area contributed by atoms with E-state index in [1.807, 2.05) is 6.07 Å². The first-order valence-electron chi connectivity index (χ1n) is 6.22. The third kappa shape index (κ3) is 4.12. The zero-order valence-electron chi connectivity index (χ0n) is 11.7. The average Bonchev–Trinajstić information content (AvgIpc) is 3.04. The lowest BCUT2D eigenvalue weighted by Crippen LogP contribution is -2.16. The van der Waals surface area contributed by atoms with E-state index >= 15 is 0 Å². The first kappa shape index (κ1) is 15.1. The quantitative estimate of drug-likeness (QED) is 0.671. The largest absolute Gasteiger partial charge is 0.375 e. The van der Waals surface area contributed by atoms with Crippen LogP contribution in [0.3, 0.4) is 0 Å². The second kappa shape index (κ2) is 7.51. The van der Waals surface area contributed by atoms with E-state index in [9.17, 15) is 4.79 Å². The monoisotopic (exact) mass is 299 g/mol. The molecular formula is C13H13N7O2. The number of hydrogen-bond acceptors (Lipinski definition) is 7. The lowest BCUT2D eigenvalue weighted by molar-refractivity contribution is -0.119. The summed E-state index contributed by atoms with van der Waals surface area (Å²) >= 11 is 0. The molecule has 0 radical (unpaired) electrons. The zero-order chi connectivity index (χ0) is 15.8. The maximum atomic E-state index is 11.4. The van der Waals surface area contributed by atoms with Crippen LogP contribution in [0.25, 0.3) is 5.57 Å². The second-order valence-corrected chi connectivity index (χ2v) is 4.11. The maximum Gasteiger partial charge on any atom is 0.250 e. The Morgan fingerprint density at radius 3 is 2.73 bits per heavy atom. The molecule has 0 saturated heterocycles. The van der Waals surface area contributed by atoms with E-state index in [4.69, 9.17) is 10.00 Å². The molecule has 22 heavy (non-hydrogen) atoms. The minimum absolute atomic E-state index is 0.00102. The minimum atomic E-state index is -0.230. The summed E-state index contributed by atoms with van der Waals surface area (Å²) in [6.45, 7) is -0.00102. The van der Waals surface area contributed by atoms with Crippen LogP contribution in [0.5, 0.6) is 0 Å². The SMILES string of the molecule is COCC(=O)Nc1ccc(NC=C(C#N)c2nn[nH]n2)cc1. The summed E-state index contributed by atoms with van der Waals surface area (Å²) in [5.74, 6) is -0.0228. The highest BCUT2D eigenvalue weighted by atomic mass is 16.5. The summed E-state index contributed by atoms with van der Waals surface area (Å²) in [6, 6.07) is 8.93. The van der Waals surface area contributed by atoms with Gasteiger partial charge in [0.05, 0.1) is 0 Å². The number of benzene rings is 1. The molecule has 9 nitrogen and oxygen atoms in total. The smallest absolute Gasteiger partial charge is 0.250 e. The van der Waals surface area contributed by atoms with Crippen molar-refractivity contribution < 1.29 is 9.53 Å². The highest BCUT2D eigenvalue weighted by Gasteiger charge is 2.05. The van der Waals surface area contributed by atoms with Gasteiger partial charge in [-0.05, 0) is 29.5 Å². The maximum absolute atomic E-state index is 11.4. The minimum Gasteiger partial charge on any atom is -0.375 e. The average molecular weight is 299 g/mol. The standard InChI is InChI=1S/C13H13N7O2/c1-22-8-12(21)16-11-4-2-10(3-5-11)15-7-9(6-14)13-17-19-20-18-13/h2-5,7,15H,8H2,1H3,(H,16,21)(H,17,18,19,20). The number of tetrazole rings is 1. The van der Waals surface area contributed by atoms with Crippen LogP contribution in [-0.2, 0) is 9.53 Å². The number of allylic oxidation sites excluding steroid dienone is 1. The first-order chi connectivity index (χ1) is 10.7. The van der Waals surface area contributed by atoms with Crippen molar-refractivity contribution in [2.75, 3.05) is 24.4 Å². The number of nitriles is 1. The van der Waals surface area contributed by atoms with Crippen LogP contribution in [0.1, 0.15) is 5.82 Å². The third-order valence-corrected chi connectivity index (χ3v) is 2.53. The fourth-order valence-electron chi connectivity index (χ4n) is 1.56. The van der Waals surface area contributed by atoms with Gasteiger partial charge in [-0.1, -0.05) is 0 Å². The Bertz CT molecular complexity index is 686. The van der Waals surface area contributed by atoms with Gasteiger partial charge in [0, 0.05) is 24.7 Å². The van der Waals surface area contributed by atoms with Crippen molar-refractivity contribution in [2.24, 2.45) is 0 Å². The van der Waals surface area contributed by atoms with Crippen LogP contribution in [0.15, 0.2) is 30.5 Å². The summed E-state index contributed by atoms with van der Waals surface area (Å²) in [5, 5.41) is 27.8. The van der Waals surface area contributed by atoms with Crippen LogP contribution in [0, 0.1) is 11.3 Å². The first-order valence-corrected chi connectivity index (χ1v) is 6.22. The number of aromatic nitrogens is 4. The molecule has 2 aromatic rings. The molecule has 0 aliphatic rings. The van der Waals surface area contributed by atoms with Crippen LogP contribution in [0.2, 0.25) is 0 Å². The molecule has 0 aliphatic carbocycles. The Balaban J connectivity index is 1.99. The van der Waals surface area contributed by atoms with Crippen molar-refractivity contribution >= 4 is 22.9 Å². The van der Waals surface area contributed by atoms with Crippen LogP contribution >= 0.6 is 0 Å². The van der Waals surface area contributed by atoms with E-state index in [1.165, 1.54) is 13.3 Å². The number of H-pyrrole nitrogens is 1. The van der Waals surface area contributed by atoms with Crippen LogP contribution in [-0.4, -0.2) is 40.2 Å². The Labute approximate surface area is 126 Å². The van der Waals surface area contributed by atoms with Gasteiger partial charge in [0.2, 0.25) is 11.7 Å². The molecule has 112 valence electrons. The number of nitrogens with one attached hydrogen (secondary N) is 3. The number of aromatic amines is 1. The van der Waals surface area contributed by atoms with Gasteiger partial charge in [-0.3, -0.25) is 4.79 Å². The molecule has 0 unspecified atom stereocenters. The van der Waals surface area contributed by atoms with Gasteiger partial charge >= 0.3 is 0 Å². The number of nitrogens with zero attached hydrogens (tertiary/aromatic N) is 4. The van der Waals surface area contributed by atoms with Crippen molar-refractivity contribution in [3.05, 3.63) is 36.3 Å². The Kier molecular flexibility index (Phi) is 5.17. The summed E-state index contributed by atoms with van der Waals surface area (Å²) in [5.41, 5.74) is 1.63. The number of ether oxygens (including phenoxy) is 1. The summed E-state index contributed by atoms with van der Waals surface area (Å²) in [4.78, 5) is 11.4. The van der Waals surface area contributed by atoms with Crippen molar-refractivity contribution in [3.63, 3.8) is 0 Å². The summed E-state index contributed by atoms with van der Waals surface area (Å²) < 4.78 is 4.73. The molecular weight excluding hydrogens is 286 g/mol. The lowest BCUT2D eigenvalue weighted by Gasteiger charge is -2.06. The van der Waals surface area contributed by atoms with Gasteiger partial charge in [0.1, 0.15) is 18.2 Å². The summed E-state index contributed by atoms with van der Waals surface area (Å²) in [6.07, 6.45) is 1.48. The second-order valence-electron chi connectivity index (χ2n) is 4.11. The van der Waals surface area contributed by atoms with Gasteiger partial charge in [-0.2, -0.15) is 10.5 Å². The number of carbonyl (C=O) groups excluding carboxylic acids is 1. The number of rotatable bonds is 6. The Morgan fingerprint density at radius 1 is 1.41 bits per heavy atom. The normalized spacial score (nSPS) is 10.8. The van der Waals surface area contributed by atoms with Gasteiger partial charge in [-0.25, -0.2) is 0 Å². The third-order valence-electron chi connectivity index (χ3n) is 2.53. The number of hydrogen-bond donors (Lipinski definition) is 3. The molecule has 0 saturated carbocycles. The van der Waals surface area contributed by atoms with E-state index in [0.717, 1.165) is 5.69 Å². The van der Waals surface area contributed by atoms with Crippen molar-refractivity contribution in [1.29, 1.82) is 5.26 Å². The fourth-order valence-corrected chi connectivity index (χ4v) is 1.56. The van der Waals surface area contributed by atoms with Crippen molar-refractivity contribution in [1.82, 2.24) is 20.6 Å². The van der Waals surface area contributed by atoms with Gasteiger partial charge in [0.15, 0.2) is 0 Å². The molecule has 0 aliphatic heterocycles. The molecule has 3 N–H and O–H groups in total. The molecule has 1 heterocycles. The molecule has 2 rings (SSSR count). The number of amides is 1. The predicted molar refractivity (Wildman–Crippen MR) is 78.3 cm³/mol. The van der Waals surface area contributed by atoms with Gasteiger partial charge < -0.3 is 15.4 Å². The fraction of sp³-hybridized carbons (Fsp3) is 0.154. The van der Waals surface area contributed by atoms with Gasteiger partial charge in [0.25, 0.3) is 0 Å². The van der Waals surface area contributed by atoms with E-state index < -0.39 is 0 Å². The molecule has 9 heteroatoms. The molecule has 0 atom stereocenters. The number of carbonyl (C=O) groups is 1. The Morgan fingerprint density at radius 2 is 2.14 bits per heavy atom. The van der Waals surface area contributed by atoms with Crippen LogP contribution in [0.4, 0.5) is 11.4 Å². The molecule has 0 fully saturated rings. The Hall–Kier alpha value is -3.25. The highest BCUT2D eigenvalue weighted by molar-refractivity contribution is 5.91. The molecule has 1 aromatic carbocycles. The lowest BCUT2D eigenvalue weighted by atomic mass is 10.2. The highest BCUT2D eigenvalue weighted by Crippen LogP contribution is 2.15. The molecule has 0 bridgehead atoms. The predicted octanol–water partition coefficient (Wildman–Crippen LogP) is 0.761. The van der Waals surface area contributed by atoms with E-state index in [2.05, 4.69) is 31.3 Å². The van der Waals surface area contributed by atoms with Crippen molar-refractivity contribution in [3.8, 4) is 6.07 Å². The summed E-state index contributed by atoms with van der Waals surface area (Å²) in [7, 11) is 1.45. The zero-order valence-corrected chi connectivity index (χ0v) is 11.7. The van der Waals surface area contributed by atoms with Crippen LogP contribution < -0.4 is 10.6 Å². The van der Waals surface area contributed by atoms with Gasteiger partial charge in [-0.15, -0.1) is 10.2 Å². The molecule has 1 amide bonds. The molecule has 0 spiro atoms. The number of methoxy groups -OCH3 is 1. The van der Waals surface area contributed by atoms with E-state index in [0.29, 0.717) is 5.69 Å². The molecule has 1 aromatic heterocycles. The topological polar surface area (TPSA) is 129 Å².